The van der Waals surface area contributed by atoms with E-state index >= 15 is 0 Å². The number of benzene rings is 1. The molecule has 0 N–H and O–H groups in total. The summed E-state index contributed by atoms with van der Waals surface area (Å²) in [5.41, 5.74) is -4.11. The molecule has 0 aromatic heterocycles. The fourth-order valence-electron chi connectivity index (χ4n) is 4.90. The number of ketones is 1. The van der Waals surface area contributed by atoms with Crippen LogP contribution in [-0.2, 0) is 4.79 Å². The van der Waals surface area contributed by atoms with Gasteiger partial charge in [-0.05, 0) is 30.0 Å². The number of nitrogens with zero attached hydrogens (tertiary/aromatic N) is 4. The lowest BCUT2D eigenvalue weighted by Crippen LogP contribution is -2.66. The quantitative estimate of drug-likeness (QED) is 0.813. The average Bonchev–Trinajstić information content (AvgIpc) is 2.66. The monoisotopic (exact) mass is 344 g/mol. The van der Waals surface area contributed by atoms with E-state index in [9.17, 15) is 25.8 Å². The van der Waals surface area contributed by atoms with E-state index in [4.69, 9.17) is 4.74 Å². The molecular weight excluding hydrogens is 328 g/mol. The van der Waals surface area contributed by atoms with E-state index in [0.717, 1.165) is 5.56 Å². The minimum absolute atomic E-state index is 0.0244. The highest BCUT2D eigenvalue weighted by atomic mass is 16.5. The van der Waals surface area contributed by atoms with E-state index in [2.05, 4.69) is 0 Å². The van der Waals surface area contributed by atoms with Crippen molar-refractivity contribution in [1.82, 2.24) is 0 Å². The summed E-state index contributed by atoms with van der Waals surface area (Å²) in [6.45, 7) is 1.67. The zero-order chi connectivity index (χ0) is 19.2. The fraction of sp³-hybridized carbons (Fsp3) is 0.450. The van der Waals surface area contributed by atoms with Gasteiger partial charge in [0.1, 0.15) is 11.5 Å². The molecule has 0 saturated heterocycles. The Hall–Kier alpha value is -3.35. The molecule has 6 heteroatoms. The van der Waals surface area contributed by atoms with Crippen molar-refractivity contribution in [3.05, 3.63) is 29.8 Å². The number of Topliss-reactive ketones (excluding diaryl/α,β-unsaturated/α-hetero) is 1. The van der Waals surface area contributed by atoms with E-state index < -0.39 is 28.1 Å². The molecule has 0 unspecified atom stereocenters. The van der Waals surface area contributed by atoms with Gasteiger partial charge in [0.15, 0.2) is 10.8 Å². The standard InChI is InChI=1S/C20H16N4O2/c1-18-7-15(13-3-5-14(26-2)6-4-13)17(16(25)8-18)19(9-21,10-22)20(18,11-23)12-24/h3-6,15,17H,7-8H2,1-2H3/t15-,17-,18-/m1/s1. The largest absolute Gasteiger partial charge is 0.497 e. The fourth-order valence-corrected chi connectivity index (χ4v) is 4.90. The summed E-state index contributed by atoms with van der Waals surface area (Å²) in [4.78, 5) is 12.9. The van der Waals surface area contributed by atoms with Crippen molar-refractivity contribution in [2.45, 2.75) is 25.7 Å². The molecule has 1 aromatic carbocycles. The number of fused-ring (bicyclic) bond motifs is 3. The van der Waals surface area contributed by atoms with Crippen molar-refractivity contribution in [2.24, 2.45) is 22.2 Å². The number of hydrogen-bond acceptors (Lipinski definition) is 6. The lowest BCUT2D eigenvalue weighted by molar-refractivity contribution is -0.153. The molecule has 0 radical (unpaired) electrons. The van der Waals surface area contributed by atoms with Gasteiger partial charge < -0.3 is 4.74 Å². The van der Waals surface area contributed by atoms with E-state index in [1.165, 1.54) is 0 Å². The summed E-state index contributed by atoms with van der Waals surface area (Å²) >= 11 is 0. The van der Waals surface area contributed by atoms with Crippen molar-refractivity contribution in [3.8, 4) is 30.0 Å². The molecule has 0 heterocycles. The van der Waals surface area contributed by atoms with Crippen LogP contribution in [0.15, 0.2) is 24.3 Å². The van der Waals surface area contributed by atoms with Crippen LogP contribution in [0.3, 0.4) is 0 Å². The Morgan fingerprint density at radius 2 is 1.62 bits per heavy atom. The summed E-state index contributed by atoms with van der Waals surface area (Å²) in [5.74, 6) is -0.987. The van der Waals surface area contributed by atoms with Crippen LogP contribution in [0.1, 0.15) is 31.2 Å². The van der Waals surface area contributed by atoms with Gasteiger partial charge in [0.25, 0.3) is 0 Å². The maximum atomic E-state index is 12.9. The maximum Gasteiger partial charge on any atom is 0.186 e. The minimum atomic E-state index is -2.00. The SMILES string of the molecule is COc1ccc([C@H]2C[C@]3(C)CC(=O)[C@@H]2C(C#N)(C#N)C3(C#N)C#N)cc1. The zero-order valence-electron chi connectivity index (χ0n) is 14.5. The summed E-state index contributed by atoms with van der Waals surface area (Å²) in [7, 11) is 1.55. The van der Waals surface area contributed by atoms with Crippen LogP contribution in [0.5, 0.6) is 5.75 Å². The topological polar surface area (TPSA) is 121 Å². The Morgan fingerprint density at radius 1 is 1.04 bits per heavy atom. The van der Waals surface area contributed by atoms with Gasteiger partial charge >= 0.3 is 0 Å². The third-order valence-corrected chi connectivity index (χ3v) is 6.18. The van der Waals surface area contributed by atoms with Crippen LogP contribution >= 0.6 is 0 Å². The van der Waals surface area contributed by atoms with Crippen LogP contribution in [0, 0.1) is 67.5 Å². The average molecular weight is 344 g/mol. The number of ether oxygens (including phenoxy) is 1. The Morgan fingerprint density at radius 3 is 2.08 bits per heavy atom. The number of nitriles is 4. The molecule has 3 saturated carbocycles. The zero-order valence-corrected chi connectivity index (χ0v) is 14.5. The van der Waals surface area contributed by atoms with Gasteiger partial charge in [0.05, 0.1) is 37.3 Å². The second-order valence-corrected chi connectivity index (χ2v) is 7.27. The molecule has 2 bridgehead atoms. The molecule has 6 nitrogen and oxygen atoms in total. The minimum Gasteiger partial charge on any atom is -0.497 e. The van der Waals surface area contributed by atoms with Crippen molar-refractivity contribution in [3.63, 3.8) is 0 Å². The van der Waals surface area contributed by atoms with Crippen LogP contribution in [0.4, 0.5) is 0 Å². The number of methoxy groups -OCH3 is 1. The van der Waals surface area contributed by atoms with Gasteiger partial charge in [-0.1, -0.05) is 19.1 Å². The highest BCUT2D eigenvalue weighted by Crippen LogP contribution is 2.70. The molecule has 3 atom stereocenters. The van der Waals surface area contributed by atoms with Gasteiger partial charge in [0, 0.05) is 11.8 Å². The van der Waals surface area contributed by atoms with E-state index in [-0.39, 0.29) is 12.2 Å². The molecule has 26 heavy (non-hydrogen) atoms. The summed E-state index contributed by atoms with van der Waals surface area (Å²) in [6.07, 6.45) is 0.415. The van der Waals surface area contributed by atoms with Crippen LogP contribution in [-0.4, -0.2) is 12.9 Å². The first-order valence-corrected chi connectivity index (χ1v) is 8.20. The number of rotatable bonds is 2. The third-order valence-electron chi connectivity index (χ3n) is 6.18. The number of hydrogen-bond donors (Lipinski definition) is 0. The molecule has 4 rings (SSSR count). The van der Waals surface area contributed by atoms with E-state index in [1.807, 2.05) is 24.3 Å². The second-order valence-electron chi connectivity index (χ2n) is 7.27. The highest BCUT2D eigenvalue weighted by molar-refractivity contribution is 5.88. The molecule has 3 aliphatic carbocycles. The lowest BCUT2D eigenvalue weighted by Gasteiger charge is -2.59. The number of carbonyl (C=O) groups excluding carboxylic acids is 1. The molecule has 0 spiro atoms. The second kappa shape index (κ2) is 5.59. The Balaban J connectivity index is 2.25. The smallest absolute Gasteiger partial charge is 0.186 e. The summed E-state index contributed by atoms with van der Waals surface area (Å²) < 4.78 is 5.15. The van der Waals surface area contributed by atoms with E-state index in [1.54, 1.807) is 38.3 Å². The Labute approximate surface area is 151 Å². The van der Waals surface area contributed by atoms with Crippen molar-refractivity contribution in [1.29, 1.82) is 21.0 Å². The first-order chi connectivity index (χ1) is 12.4. The first-order valence-electron chi connectivity index (χ1n) is 8.20. The molecule has 3 fully saturated rings. The maximum absolute atomic E-state index is 12.9. The normalized spacial score (nSPS) is 30.3. The van der Waals surface area contributed by atoms with Crippen LogP contribution < -0.4 is 4.74 Å². The molecule has 0 amide bonds. The van der Waals surface area contributed by atoms with Crippen molar-refractivity contribution < 1.29 is 9.53 Å². The van der Waals surface area contributed by atoms with E-state index in [0.29, 0.717) is 12.2 Å². The molecule has 3 aliphatic rings. The lowest BCUT2D eigenvalue weighted by atomic mass is 9.35. The predicted molar refractivity (Wildman–Crippen MR) is 88.9 cm³/mol. The number of carbonyl (C=O) groups is 1. The van der Waals surface area contributed by atoms with Gasteiger partial charge in [-0.2, -0.15) is 21.0 Å². The van der Waals surface area contributed by atoms with Crippen LogP contribution in [0.2, 0.25) is 0 Å². The van der Waals surface area contributed by atoms with Gasteiger partial charge in [0.2, 0.25) is 0 Å². The van der Waals surface area contributed by atoms with Crippen LogP contribution in [0.25, 0.3) is 0 Å². The summed E-state index contributed by atoms with van der Waals surface area (Å²) in [5, 5.41) is 39.5. The van der Waals surface area contributed by atoms with Crippen molar-refractivity contribution in [2.75, 3.05) is 7.11 Å². The van der Waals surface area contributed by atoms with Gasteiger partial charge in [-0.15, -0.1) is 0 Å². The molecule has 0 aliphatic heterocycles. The third kappa shape index (κ3) is 1.79. The Kier molecular flexibility index (Phi) is 3.75. The highest BCUT2D eigenvalue weighted by Gasteiger charge is 2.77. The molecular formula is C20H16N4O2. The van der Waals surface area contributed by atoms with Gasteiger partial charge in [-0.25, -0.2) is 0 Å². The molecule has 128 valence electrons. The molecule has 1 aromatic rings. The van der Waals surface area contributed by atoms with Gasteiger partial charge in [-0.3, -0.25) is 4.79 Å². The Bertz CT molecular complexity index is 910. The van der Waals surface area contributed by atoms with Crippen molar-refractivity contribution >= 4 is 5.78 Å². The first kappa shape index (κ1) is 17.5. The predicted octanol–water partition coefficient (Wildman–Crippen LogP) is 2.84. The summed E-state index contributed by atoms with van der Waals surface area (Å²) in [6, 6.07) is 14.9.